The number of hydrogen-bond acceptors (Lipinski definition) is 3. The molecule has 0 bridgehead atoms. The summed E-state index contributed by atoms with van der Waals surface area (Å²) in [6, 6.07) is 9.95. The van der Waals surface area contributed by atoms with Gasteiger partial charge in [0, 0.05) is 12.1 Å². The Morgan fingerprint density at radius 1 is 1.35 bits per heavy atom. The Kier molecular flexibility index (Phi) is 4.40. The molecule has 1 saturated heterocycles. The highest BCUT2D eigenvalue weighted by Gasteiger charge is 2.28. The van der Waals surface area contributed by atoms with Crippen molar-refractivity contribution < 1.29 is 9.47 Å². The molecule has 2 rings (SSSR count). The number of benzene rings is 1. The first-order chi connectivity index (χ1) is 8.29. The van der Waals surface area contributed by atoms with Gasteiger partial charge in [0.2, 0.25) is 0 Å². The third kappa shape index (κ3) is 4.02. The van der Waals surface area contributed by atoms with Crippen LogP contribution in [0.5, 0.6) is 5.75 Å². The van der Waals surface area contributed by atoms with E-state index in [9.17, 15) is 0 Å². The predicted molar refractivity (Wildman–Crippen MR) is 68.4 cm³/mol. The van der Waals surface area contributed by atoms with Crippen LogP contribution in [-0.4, -0.2) is 31.9 Å². The summed E-state index contributed by atoms with van der Waals surface area (Å²) in [5, 5.41) is 3.54. The van der Waals surface area contributed by atoms with E-state index in [1.165, 1.54) is 0 Å². The normalized spacial score (nSPS) is 23.8. The fourth-order valence-electron chi connectivity index (χ4n) is 1.98. The van der Waals surface area contributed by atoms with E-state index in [-0.39, 0.29) is 5.54 Å². The summed E-state index contributed by atoms with van der Waals surface area (Å²) in [4.78, 5) is 0. The Labute approximate surface area is 103 Å². The van der Waals surface area contributed by atoms with E-state index >= 15 is 0 Å². The van der Waals surface area contributed by atoms with Crippen LogP contribution in [0.2, 0.25) is 0 Å². The molecule has 1 aromatic carbocycles. The summed E-state index contributed by atoms with van der Waals surface area (Å²) in [6.07, 6.45) is 2.12. The van der Waals surface area contributed by atoms with Crippen molar-refractivity contribution in [2.75, 3.05) is 26.4 Å². The van der Waals surface area contributed by atoms with E-state index in [0.717, 1.165) is 45.0 Å². The lowest BCUT2D eigenvalue weighted by atomic mass is 10.0. The second-order valence-electron chi connectivity index (χ2n) is 4.81. The molecule has 0 amide bonds. The van der Waals surface area contributed by atoms with Gasteiger partial charge in [-0.2, -0.15) is 0 Å². The van der Waals surface area contributed by atoms with E-state index in [4.69, 9.17) is 9.47 Å². The van der Waals surface area contributed by atoms with Crippen molar-refractivity contribution in [1.29, 1.82) is 0 Å². The number of ether oxygens (including phenoxy) is 2. The molecule has 1 fully saturated rings. The molecule has 1 aromatic rings. The minimum absolute atomic E-state index is 0.173. The van der Waals surface area contributed by atoms with E-state index in [1.54, 1.807) is 0 Å². The molecule has 3 heteroatoms. The molecule has 0 aromatic heterocycles. The van der Waals surface area contributed by atoms with Crippen LogP contribution in [0.3, 0.4) is 0 Å². The number of rotatable bonds is 6. The molecule has 1 unspecified atom stereocenters. The average Bonchev–Trinajstić information content (AvgIpc) is 2.77. The first-order valence-electron chi connectivity index (χ1n) is 6.29. The summed E-state index contributed by atoms with van der Waals surface area (Å²) >= 11 is 0. The van der Waals surface area contributed by atoms with Gasteiger partial charge < -0.3 is 14.8 Å². The van der Waals surface area contributed by atoms with Crippen LogP contribution in [0.25, 0.3) is 0 Å². The molecular weight excluding hydrogens is 214 g/mol. The minimum atomic E-state index is 0.173. The van der Waals surface area contributed by atoms with Gasteiger partial charge in [0.15, 0.2) is 0 Å². The Morgan fingerprint density at radius 3 is 2.88 bits per heavy atom. The number of para-hydroxylation sites is 1. The van der Waals surface area contributed by atoms with Gasteiger partial charge >= 0.3 is 0 Å². The van der Waals surface area contributed by atoms with Crippen LogP contribution in [-0.2, 0) is 4.74 Å². The van der Waals surface area contributed by atoms with E-state index < -0.39 is 0 Å². The first-order valence-corrected chi connectivity index (χ1v) is 6.29. The molecule has 0 spiro atoms. The van der Waals surface area contributed by atoms with Crippen LogP contribution in [0.1, 0.15) is 19.8 Å². The fraction of sp³-hybridized carbons (Fsp3) is 0.571. The van der Waals surface area contributed by atoms with Crippen molar-refractivity contribution >= 4 is 0 Å². The minimum Gasteiger partial charge on any atom is -0.494 e. The Bertz CT molecular complexity index is 320. The van der Waals surface area contributed by atoms with Gasteiger partial charge in [-0.25, -0.2) is 0 Å². The summed E-state index contributed by atoms with van der Waals surface area (Å²) in [5.74, 6) is 0.947. The maximum Gasteiger partial charge on any atom is 0.119 e. The monoisotopic (exact) mass is 235 g/mol. The molecule has 1 aliphatic rings. The molecule has 17 heavy (non-hydrogen) atoms. The topological polar surface area (TPSA) is 30.5 Å². The van der Waals surface area contributed by atoms with Crippen molar-refractivity contribution in [2.24, 2.45) is 0 Å². The van der Waals surface area contributed by atoms with E-state index in [0.29, 0.717) is 0 Å². The fourth-order valence-corrected chi connectivity index (χ4v) is 1.98. The van der Waals surface area contributed by atoms with Crippen molar-refractivity contribution in [2.45, 2.75) is 25.3 Å². The summed E-state index contributed by atoms with van der Waals surface area (Å²) in [7, 11) is 0. The lowest BCUT2D eigenvalue weighted by Gasteiger charge is -2.23. The zero-order valence-corrected chi connectivity index (χ0v) is 10.4. The lowest BCUT2D eigenvalue weighted by molar-refractivity contribution is 0.170. The van der Waals surface area contributed by atoms with Gasteiger partial charge in [0.05, 0.1) is 13.2 Å². The molecule has 0 saturated carbocycles. The summed E-state index contributed by atoms with van der Waals surface area (Å²) < 4.78 is 11.0. The highest BCUT2D eigenvalue weighted by Crippen LogP contribution is 2.17. The van der Waals surface area contributed by atoms with Crippen molar-refractivity contribution in [3.05, 3.63) is 30.3 Å². The summed E-state index contributed by atoms with van der Waals surface area (Å²) in [5.41, 5.74) is 0.173. The van der Waals surface area contributed by atoms with E-state index in [2.05, 4.69) is 12.2 Å². The van der Waals surface area contributed by atoms with Crippen molar-refractivity contribution in [1.82, 2.24) is 5.32 Å². The number of nitrogens with one attached hydrogen (secondary N) is 1. The van der Waals surface area contributed by atoms with Crippen LogP contribution in [0.4, 0.5) is 0 Å². The van der Waals surface area contributed by atoms with Gasteiger partial charge in [-0.05, 0) is 38.4 Å². The largest absolute Gasteiger partial charge is 0.494 e. The van der Waals surface area contributed by atoms with Gasteiger partial charge in [-0.3, -0.25) is 0 Å². The van der Waals surface area contributed by atoms with Crippen LogP contribution in [0.15, 0.2) is 30.3 Å². The second kappa shape index (κ2) is 6.03. The van der Waals surface area contributed by atoms with Crippen molar-refractivity contribution in [3.8, 4) is 5.75 Å². The standard InChI is InChI=1S/C14H21NO2/c1-14(8-11-16-12-14)15-9-5-10-17-13-6-3-2-4-7-13/h2-4,6-7,15H,5,8-12H2,1H3. The lowest BCUT2D eigenvalue weighted by Crippen LogP contribution is -2.43. The molecule has 0 aliphatic carbocycles. The molecular formula is C14H21NO2. The highest BCUT2D eigenvalue weighted by atomic mass is 16.5. The molecule has 1 atom stereocenters. The van der Waals surface area contributed by atoms with Crippen LogP contribution >= 0.6 is 0 Å². The molecule has 94 valence electrons. The van der Waals surface area contributed by atoms with Gasteiger partial charge in [-0.15, -0.1) is 0 Å². The predicted octanol–water partition coefficient (Wildman–Crippen LogP) is 2.22. The van der Waals surface area contributed by atoms with Crippen molar-refractivity contribution in [3.63, 3.8) is 0 Å². The van der Waals surface area contributed by atoms with Gasteiger partial charge in [-0.1, -0.05) is 18.2 Å². The molecule has 0 radical (unpaired) electrons. The third-order valence-corrected chi connectivity index (χ3v) is 3.10. The SMILES string of the molecule is CC1(NCCCOc2ccccc2)CCOC1. The van der Waals surface area contributed by atoms with E-state index in [1.807, 2.05) is 30.3 Å². The number of hydrogen-bond donors (Lipinski definition) is 1. The average molecular weight is 235 g/mol. The zero-order chi connectivity index (χ0) is 12.0. The first kappa shape index (κ1) is 12.4. The quantitative estimate of drug-likeness (QED) is 0.767. The Balaban J connectivity index is 1.58. The zero-order valence-electron chi connectivity index (χ0n) is 10.4. The maximum atomic E-state index is 5.63. The molecule has 1 heterocycles. The molecule has 1 N–H and O–H groups in total. The highest BCUT2D eigenvalue weighted by molar-refractivity contribution is 5.20. The Morgan fingerprint density at radius 2 is 2.18 bits per heavy atom. The molecule has 1 aliphatic heterocycles. The summed E-state index contributed by atoms with van der Waals surface area (Å²) in [6.45, 7) is 5.66. The molecule has 3 nitrogen and oxygen atoms in total. The Hall–Kier alpha value is -1.06. The van der Waals surface area contributed by atoms with Gasteiger partial charge in [0.25, 0.3) is 0 Å². The maximum absolute atomic E-state index is 5.63. The van der Waals surface area contributed by atoms with Crippen LogP contribution in [0, 0.1) is 0 Å². The smallest absolute Gasteiger partial charge is 0.119 e. The van der Waals surface area contributed by atoms with Gasteiger partial charge in [0.1, 0.15) is 5.75 Å². The second-order valence-corrected chi connectivity index (χ2v) is 4.81. The third-order valence-electron chi connectivity index (χ3n) is 3.10. The van der Waals surface area contributed by atoms with Crippen LogP contribution < -0.4 is 10.1 Å².